The molecule has 10 heteroatoms. The van der Waals surface area contributed by atoms with E-state index in [0.29, 0.717) is 28.9 Å². The topological polar surface area (TPSA) is 104 Å². The van der Waals surface area contributed by atoms with Crippen molar-refractivity contribution < 1.29 is 18.9 Å². The van der Waals surface area contributed by atoms with Crippen LogP contribution in [-0.4, -0.2) is 55.7 Å². The molecule has 1 heterocycles. The van der Waals surface area contributed by atoms with Gasteiger partial charge in [0.1, 0.15) is 29.3 Å². The maximum atomic E-state index is 5.35. The first-order chi connectivity index (χ1) is 14.7. The van der Waals surface area contributed by atoms with Gasteiger partial charge in [0.2, 0.25) is 0 Å². The van der Waals surface area contributed by atoms with Crippen LogP contribution in [0, 0.1) is 0 Å². The molecule has 0 amide bonds. The molecule has 0 saturated carbocycles. The van der Waals surface area contributed by atoms with Crippen LogP contribution in [-0.2, 0) is 0 Å². The monoisotopic (exact) mass is 410 g/mol. The van der Waals surface area contributed by atoms with E-state index in [2.05, 4.69) is 25.8 Å². The van der Waals surface area contributed by atoms with Gasteiger partial charge >= 0.3 is 0 Å². The predicted octanol–water partition coefficient (Wildman–Crippen LogP) is 2.64. The van der Waals surface area contributed by atoms with Gasteiger partial charge in [-0.15, -0.1) is 10.2 Å². The van der Waals surface area contributed by atoms with Crippen LogP contribution in [0.25, 0.3) is 0 Å². The normalized spacial score (nSPS) is 11.1. The lowest BCUT2D eigenvalue weighted by Gasteiger charge is -2.07. The molecule has 0 aliphatic carbocycles. The summed E-state index contributed by atoms with van der Waals surface area (Å²) in [6.45, 7) is 0. The summed E-state index contributed by atoms with van der Waals surface area (Å²) in [5, 5.41) is 16.4. The molecule has 0 radical (unpaired) electrons. The van der Waals surface area contributed by atoms with Crippen LogP contribution < -0.4 is 24.4 Å². The van der Waals surface area contributed by atoms with Crippen molar-refractivity contribution in [3.8, 4) is 23.0 Å². The molecule has 1 N–H and O–H groups in total. The summed E-state index contributed by atoms with van der Waals surface area (Å²) in [4.78, 5) is 0. The van der Waals surface area contributed by atoms with Gasteiger partial charge < -0.3 is 18.9 Å². The van der Waals surface area contributed by atoms with Gasteiger partial charge in [0, 0.05) is 11.1 Å². The second-order valence-corrected chi connectivity index (χ2v) is 5.83. The van der Waals surface area contributed by atoms with E-state index in [4.69, 9.17) is 18.9 Å². The molecular weight excluding hydrogens is 388 g/mol. The van der Waals surface area contributed by atoms with Crippen LogP contribution in [0.2, 0.25) is 0 Å². The van der Waals surface area contributed by atoms with Gasteiger partial charge in [-0.3, -0.25) is 0 Å². The lowest BCUT2D eigenvalue weighted by molar-refractivity contribution is 0.402. The minimum atomic E-state index is 0.325. The first kappa shape index (κ1) is 20.6. The fourth-order valence-corrected chi connectivity index (χ4v) is 2.55. The van der Waals surface area contributed by atoms with E-state index in [9.17, 15) is 0 Å². The summed E-state index contributed by atoms with van der Waals surface area (Å²) in [7, 11) is 6.37. The molecule has 0 aliphatic rings. The molecular formula is C20H22N6O4. The maximum Gasteiger partial charge on any atom is 0.265 e. The summed E-state index contributed by atoms with van der Waals surface area (Å²) in [5.41, 5.74) is 4.28. The second-order valence-electron chi connectivity index (χ2n) is 5.83. The number of hydrazone groups is 1. The first-order valence-corrected chi connectivity index (χ1v) is 8.86. The predicted molar refractivity (Wildman–Crippen MR) is 113 cm³/mol. The number of ether oxygens (including phenoxy) is 4. The number of aromatic nitrogens is 3. The first-order valence-electron chi connectivity index (χ1n) is 8.86. The quantitative estimate of drug-likeness (QED) is 0.427. The highest BCUT2D eigenvalue weighted by atomic mass is 16.5. The molecule has 0 saturated heterocycles. The van der Waals surface area contributed by atoms with Crippen molar-refractivity contribution >= 4 is 18.4 Å². The molecule has 0 atom stereocenters. The minimum absolute atomic E-state index is 0.325. The third-order valence-electron chi connectivity index (χ3n) is 4.09. The fourth-order valence-electron chi connectivity index (χ4n) is 2.55. The number of nitrogens with one attached hydrogen (secondary N) is 1. The van der Waals surface area contributed by atoms with Crippen LogP contribution in [0.5, 0.6) is 23.0 Å². The van der Waals surface area contributed by atoms with Gasteiger partial charge in [-0.2, -0.15) is 14.9 Å². The van der Waals surface area contributed by atoms with Crippen molar-refractivity contribution in [2.75, 3.05) is 33.9 Å². The van der Waals surface area contributed by atoms with E-state index < -0.39 is 0 Å². The number of nitrogens with zero attached hydrogens (tertiary/aromatic N) is 5. The Morgan fingerprint density at radius 3 is 2.00 bits per heavy atom. The van der Waals surface area contributed by atoms with E-state index >= 15 is 0 Å². The molecule has 3 aromatic rings. The lowest BCUT2D eigenvalue weighted by atomic mass is 10.2. The Labute approximate surface area is 173 Å². The summed E-state index contributed by atoms with van der Waals surface area (Å²) >= 11 is 0. The van der Waals surface area contributed by atoms with Crippen LogP contribution in [0.1, 0.15) is 11.1 Å². The van der Waals surface area contributed by atoms with Crippen molar-refractivity contribution in [2.24, 2.45) is 10.2 Å². The Morgan fingerprint density at radius 1 is 0.833 bits per heavy atom. The largest absolute Gasteiger partial charge is 0.497 e. The number of methoxy groups -OCH3 is 4. The molecule has 0 fully saturated rings. The van der Waals surface area contributed by atoms with Gasteiger partial charge in [0.25, 0.3) is 5.95 Å². The van der Waals surface area contributed by atoms with Crippen LogP contribution >= 0.6 is 0 Å². The number of anilines is 1. The molecule has 30 heavy (non-hydrogen) atoms. The van der Waals surface area contributed by atoms with Gasteiger partial charge in [0.15, 0.2) is 0 Å². The zero-order valence-corrected chi connectivity index (χ0v) is 17.1. The van der Waals surface area contributed by atoms with E-state index in [0.717, 1.165) is 11.1 Å². The molecule has 0 aliphatic heterocycles. The number of benzene rings is 2. The lowest BCUT2D eigenvalue weighted by Crippen LogP contribution is -2.00. The summed E-state index contributed by atoms with van der Waals surface area (Å²) in [6, 6.07) is 10.8. The Kier molecular flexibility index (Phi) is 6.83. The molecule has 0 bridgehead atoms. The highest BCUT2D eigenvalue weighted by Gasteiger charge is 2.06. The minimum Gasteiger partial charge on any atom is -0.497 e. The van der Waals surface area contributed by atoms with Crippen LogP contribution in [0.3, 0.4) is 0 Å². The summed E-state index contributed by atoms with van der Waals surface area (Å²) in [6.07, 6.45) is 4.66. The number of hydrogen-bond donors (Lipinski definition) is 1. The van der Waals surface area contributed by atoms with Gasteiger partial charge in [-0.05, 0) is 36.4 Å². The molecule has 156 valence electrons. The molecule has 0 unspecified atom stereocenters. The van der Waals surface area contributed by atoms with Crippen molar-refractivity contribution in [1.29, 1.82) is 0 Å². The Hall–Kier alpha value is -4.08. The molecule has 3 rings (SSSR count). The van der Waals surface area contributed by atoms with Crippen molar-refractivity contribution in [3.05, 3.63) is 53.9 Å². The van der Waals surface area contributed by atoms with Crippen LogP contribution in [0.4, 0.5) is 5.95 Å². The van der Waals surface area contributed by atoms with E-state index in [1.165, 1.54) is 11.0 Å². The molecule has 0 spiro atoms. The van der Waals surface area contributed by atoms with E-state index in [-0.39, 0.29) is 0 Å². The highest BCUT2D eigenvalue weighted by Crippen LogP contribution is 2.23. The maximum absolute atomic E-state index is 5.35. The molecule has 2 aromatic carbocycles. The van der Waals surface area contributed by atoms with Gasteiger partial charge in [-0.1, -0.05) is 0 Å². The average Bonchev–Trinajstić information content (AvgIpc) is 3.24. The third kappa shape index (κ3) is 4.85. The Bertz CT molecular complexity index is 1050. The van der Waals surface area contributed by atoms with Crippen LogP contribution in [0.15, 0.2) is 52.9 Å². The van der Waals surface area contributed by atoms with Crippen molar-refractivity contribution in [2.45, 2.75) is 0 Å². The average molecular weight is 410 g/mol. The van der Waals surface area contributed by atoms with Crippen molar-refractivity contribution in [3.63, 3.8) is 0 Å². The second kappa shape index (κ2) is 9.92. The highest BCUT2D eigenvalue weighted by molar-refractivity contribution is 5.85. The molecule has 10 nitrogen and oxygen atoms in total. The van der Waals surface area contributed by atoms with Gasteiger partial charge in [0.05, 0.1) is 40.9 Å². The van der Waals surface area contributed by atoms with E-state index in [1.54, 1.807) is 53.0 Å². The fraction of sp³-hybridized carbons (Fsp3) is 0.200. The smallest absolute Gasteiger partial charge is 0.265 e. The third-order valence-corrected chi connectivity index (χ3v) is 4.09. The standard InChI is InChI=1S/C20H22N6O4/c1-27-16-5-7-18(29-3)14(9-16)11-21-24-20-25-22-13-26(20)23-12-15-10-17(28-2)6-8-19(15)30-4/h5-13H,1-4H3,(H,24,25)/b21-11-,23-12-. The number of rotatable bonds is 9. The SMILES string of the molecule is COc1ccc(OC)c(/C=N\Nc2nncn2/N=C\c2cc(OC)ccc2OC)c1. The van der Waals surface area contributed by atoms with E-state index in [1.807, 2.05) is 24.3 Å². The Balaban J connectivity index is 1.77. The zero-order chi connectivity index (χ0) is 21.3. The summed E-state index contributed by atoms with van der Waals surface area (Å²) in [5.74, 6) is 3.02. The molecule has 1 aromatic heterocycles. The summed E-state index contributed by atoms with van der Waals surface area (Å²) < 4.78 is 22.6. The number of hydrogen-bond acceptors (Lipinski definition) is 9. The van der Waals surface area contributed by atoms with Gasteiger partial charge in [-0.25, -0.2) is 5.43 Å². The van der Waals surface area contributed by atoms with Crippen molar-refractivity contribution in [1.82, 2.24) is 14.9 Å². The Morgan fingerprint density at radius 2 is 1.43 bits per heavy atom. The zero-order valence-electron chi connectivity index (χ0n) is 17.1.